The molecule has 1 aromatic heterocycles. The van der Waals surface area contributed by atoms with E-state index in [0.29, 0.717) is 25.4 Å². The van der Waals surface area contributed by atoms with Crippen molar-refractivity contribution in [3.8, 4) is 11.3 Å². The number of anilines is 1. The van der Waals surface area contributed by atoms with Gasteiger partial charge in [0.15, 0.2) is 0 Å². The molecule has 1 aromatic carbocycles. The van der Waals surface area contributed by atoms with Crippen LogP contribution < -0.4 is 4.90 Å². The van der Waals surface area contributed by atoms with Gasteiger partial charge < -0.3 is 19.3 Å². The summed E-state index contributed by atoms with van der Waals surface area (Å²) in [4.78, 5) is 16.3. The minimum absolute atomic E-state index is 0.0359. The predicted octanol–water partition coefficient (Wildman–Crippen LogP) is 4.25. The van der Waals surface area contributed by atoms with Crippen LogP contribution in [0.1, 0.15) is 57.4 Å². The first-order chi connectivity index (χ1) is 16.1. The molecule has 2 fully saturated rings. The molecule has 0 amide bonds. The third-order valence-electron chi connectivity index (χ3n) is 6.41. The number of hydrogen-bond donors (Lipinski definition) is 1. The molecule has 1 saturated carbocycles. The Morgan fingerprint density at radius 1 is 1.24 bits per heavy atom. The van der Waals surface area contributed by atoms with Crippen LogP contribution in [0.5, 0.6) is 0 Å². The van der Waals surface area contributed by atoms with Crippen molar-refractivity contribution in [2.75, 3.05) is 37.7 Å². The third-order valence-corrected chi connectivity index (χ3v) is 6.41. The van der Waals surface area contributed by atoms with Gasteiger partial charge in [-0.15, -0.1) is 0 Å². The van der Waals surface area contributed by atoms with Gasteiger partial charge in [0.2, 0.25) is 5.88 Å². The minimum atomic E-state index is -0.719. The molecule has 0 bridgehead atoms. The van der Waals surface area contributed by atoms with Crippen LogP contribution in [0.15, 0.2) is 34.9 Å². The number of aliphatic hydroxyl groups excluding tert-OH is 1. The number of rotatable bonds is 12. The molecule has 7 heteroatoms. The summed E-state index contributed by atoms with van der Waals surface area (Å²) in [6.45, 7) is 5.96. The molecule has 180 valence electrons. The van der Waals surface area contributed by atoms with Gasteiger partial charge in [-0.2, -0.15) is 0 Å². The number of hydrogen-bond acceptors (Lipinski definition) is 7. The number of carbonyl (C=O) groups is 1. The predicted molar refractivity (Wildman–Crippen MR) is 128 cm³/mol. The zero-order chi connectivity index (χ0) is 23.0. The van der Waals surface area contributed by atoms with Crippen LogP contribution >= 0.6 is 0 Å². The highest BCUT2D eigenvalue weighted by Crippen LogP contribution is 2.35. The zero-order valence-electron chi connectivity index (χ0n) is 19.7. The minimum Gasteiger partial charge on any atom is -0.463 e. The Balaban J connectivity index is 1.52. The van der Waals surface area contributed by atoms with E-state index in [4.69, 9.17) is 9.26 Å². The van der Waals surface area contributed by atoms with Crippen LogP contribution in [0.2, 0.25) is 0 Å². The van der Waals surface area contributed by atoms with Gasteiger partial charge in [-0.3, -0.25) is 9.69 Å². The lowest BCUT2D eigenvalue weighted by Gasteiger charge is -2.29. The summed E-state index contributed by atoms with van der Waals surface area (Å²) in [6.07, 6.45) is 6.45. The highest BCUT2D eigenvalue weighted by molar-refractivity contribution is 5.69. The molecular formula is C26H37N3O4. The molecule has 2 heterocycles. The molecule has 4 rings (SSSR count). The number of nitrogens with zero attached hydrogens (tertiary/aromatic N) is 3. The van der Waals surface area contributed by atoms with Crippen molar-refractivity contribution in [1.29, 1.82) is 0 Å². The van der Waals surface area contributed by atoms with Crippen LogP contribution in [-0.4, -0.2) is 60.0 Å². The maximum Gasteiger partial charge on any atom is 0.305 e. The maximum atomic E-state index is 11.7. The second-order valence-corrected chi connectivity index (χ2v) is 9.45. The van der Waals surface area contributed by atoms with E-state index >= 15 is 0 Å². The van der Waals surface area contributed by atoms with Gasteiger partial charge >= 0.3 is 5.97 Å². The topological polar surface area (TPSA) is 79.0 Å². The normalized spacial score (nSPS) is 17.4. The average molecular weight is 456 g/mol. The van der Waals surface area contributed by atoms with E-state index in [1.54, 1.807) is 0 Å². The van der Waals surface area contributed by atoms with E-state index in [-0.39, 0.29) is 12.6 Å². The Labute approximate surface area is 196 Å². The van der Waals surface area contributed by atoms with Gasteiger partial charge in [0.05, 0.1) is 5.56 Å². The summed E-state index contributed by atoms with van der Waals surface area (Å²) in [5, 5.41) is 15.1. The number of carbonyl (C=O) groups excluding carboxylic acids is 1. The van der Waals surface area contributed by atoms with Gasteiger partial charge in [-0.1, -0.05) is 42.4 Å². The monoisotopic (exact) mass is 455 g/mol. The van der Waals surface area contributed by atoms with Crippen molar-refractivity contribution >= 4 is 11.9 Å². The first kappa shape index (κ1) is 23.8. The highest BCUT2D eigenvalue weighted by atomic mass is 16.5. The van der Waals surface area contributed by atoms with E-state index in [1.807, 2.05) is 25.1 Å². The average Bonchev–Trinajstić information content (AvgIpc) is 3.55. The van der Waals surface area contributed by atoms with Gasteiger partial charge in [-0.05, 0) is 44.4 Å². The molecule has 1 saturated heterocycles. The molecule has 1 N–H and O–H groups in total. The summed E-state index contributed by atoms with van der Waals surface area (Å²) in [7, 11) is 0. The van der Waals surface area contributed by atoms with Gasteiger partial charge in [0.25, 0.3) is 0 Å². The van der Waals surface area contributed by atoms with Crippen LogP contribution in [0.3, 0.4) is 0 Å². The van der Waals surface area contributed by atoms with E-state index in [9.17, 15) is 9.90 Å². The summed E-state index contributed by atoms with van der Waals surface area (Å²) < 4.78 is 11.2. The Hall–Kier alpha value is -2.38. The molecule has 7 nitrogen and oxygen atoms in total. The van der Waals surface area contributed by atoms with Crippen LogP contribution in [0.4, 0.5) is 5.88 Å². The molecule has 1 aliphatic carbocycles. The molecule has 2 aromatic rings. The van der Waals surface area contributed by atoms with Crippen molar-refractivity contribution < 1.29 is 19.2 Å². The van der Waals surface area contributed by atoms with E-state index in [0.717, 1.165) is 61.6 Å². The number of piperidine rings is 1. The SMILES string of the molecule is CCCC(=O)OCC(O)CN(Cc1c(-c2ccccc2)noc1N1CCCCC1)CC1CC1. The van der Waals surface area contributed by atoms with Crippen molar-refractivity contribution in [3.63, 3.8) is 0 Å². The fraction of sp³-hybridized carbons (Fsp3) is 0.615. The molecular weight excluding hydrogens is 418 g/mol. The highest BCUT2D eigenvalue weighted by Gasteiger charge is 2.30. The van der Waals surface area contributed by atoms with Crippen molar-refractivity contribution in [1.82, 2.24) is 10.1 Å². The van der Waals surface area contributed by atoms with Crippen LogP contribution in [-0.2, 0) is 16.1 Å². The number of esters is 1. The summed E-state index contributed by atoms with van der Waals surface area (Å²) in [6, 6.07) is 10.2. The number of ether oxygens (including phenoxy) is 1. The van der Waals surface area contributed by atoms with Crippen molar-refractivity contribution in [3.05, 3.63) is 35.9 Å². The van der Waals surface area contributed by atoms with Crippen LogP contribution in [0.25, 0.3) is 11.3 Å². The fourth-order valence-corrected chi connectivity index (χ4v) is 4.52. The Kier molecular flexibility index (Phi) is 8.40. The summed E-state index contributed by atoms with van der Waals surface area (Å²) in [5.74, 6) is 1.28. The number of aromatic nitrogens is 1. The lowest BCUT2D eigenvalue weighted by atomic mass is 10.1. The summed E-state index contributed by atoms with van der Waals surface area (Å²) >= 11 is 0. The first-order valence-corrected chi connectivity index (χ1v) is 12.5. The lowest BCUT2D eigenvalue weighted by Crippen LogP contribution is -2.37. The second kappa shape index (κ2) is 11.7. The smallest absolute Gasteiger partial charge is 0.305 e. The molecule has 2 aliphatic rings. The Morgan fingerprint density at radius 3 is 2.70 bits per heavy atom. The molecule has 0 spiro atoms. The molecule has 33 heavy (non-hydrogen) atoms. The number of aliphatic hydroxyl groups is 1. The van der Waals surface area contributed by atoms with Gasteiger partial charge in [-0.25, -0.2) is 0 Å². The van der Waals surface area contributed by atoms with E-state index in [1.165, 1.54) is 19.3 Å². The van der Waals surface area contributed by atoms with Crippen molar-refractivity contribution in [2.45, 2.75) is 64.5 Å². The summed E-state index contributed by atoms with van der Waals surface area (Å²) in [5.41, 5.74) is 3.00. The Morgan fingerprint density at radius 2 is 2.00 bits per heavy atom. The molecule has 1 unspecified atom stereocenters. The number of benzene rings is 1. The molecule has 0 radical (unpaired) electrons. The standard InChI is InChI=1S/C26H37N3O4/c1-2-9-24(31)32-19-22(30)17-28(16-20-12-13-20)18-23-25(21-10-5-3-6-11-21)27-33-26(23)29-14-7-4-8-15-29/h3,5-6,10-11,20,22,30H,2,4,7-9,12-19H2,1H3. The van der Waals surface area contributed by atoms with Gasteiger partial charge in [0.1, 0.15) is 18.4 Å². The van der Waals surface area contributed by atoms with E-state index < -0.39 is 6.10 Å². The maximum absolute atomic E-state index is 11.7. The Bertz CT molecular complexity index is 875. The van der Waals surface area contributed by atoms with Crippen molar-refractivity contribution in [2.24, 2.45) is 5.92 Å². The fourth-order valence-electron chi connectivity index (χ4n) is 4.52. The third kappa shape index (κ3) is 6.81. The zero-order valence-corrected chi connectivity index (χ0v) is 19.7. The first-order valence-electron chi connectivity index (χ1n) is 12.5. The van der Waals surface area contributed by atoms with Crippen LogP contribution in [0, 0.1) is 5.92 Å². The molecule has 1 atom stereocenters. The second-order valence-electron chi connectivity index (χ2n) is 9.45. The molecule has 1 aliphatic heterocycles. The lowest BCUT2D eigenvalue weighted by molar-refractivity contribution is -0.147. The van der Waals surface area contributed by atoms with E-state index in [2.05, 4.69) is 27.1 Å². The largest absolute Gasteiger partial charge is 0.463 e. The van der Waals surface area contributed by atoms with Gasteiger partial charge in [0, 0.05) is 44.7 Å². The quantitative estimate of drug-likeness (QED) is 0.479.